The van der Waals surface area contributed by atoms with Crippen LogP contribution in [0.3, 0.4) is 0 Å². The second kappa shape index (κ2) is 8.04. The molecule has 1 aliphatic heterocycles. The third kappa shape index (κ3) is 4.24. The molecule has 1 aromatic carbocycles. The lowest BCUT2D eigenvalue weighted by Crippen LogP contribution is -2.48. The number of nitrogens with one attached hydrogen (secondary N) is 1. The van der Waals surface area contributed by atoms with Crippen LogP contribution in [0.15, 0.2) is 48.8 Å². The molecular weight excluding hydrogens is 402 g/mol. The second-order valence-corrected chi connectivity index (χ2v) is 9.80. The predicted molar refractivity (Wildman–Crippen MR) is 124 cm³/mol. The molecule has 7 nitrogen and oxygen atoms in total. The van der Waals surface area contributed by atoms with Crippen molar-refractivity contribution >= 4 is 22.8 Å². The third-order valence-electron chi connectivity index (χ3n) is 6.18. The van der Waals surface area contributed by atoms with Crippen molar-refractivity contribution in [1.82, 2.24) is 20.3 Å². The van der Waals surface area contributed by atoms with Gasteiger partial charge < -0.3 is 15.0 Å². The highest BCUT2D eigenvalue weighted by molar-refractivity contribution is 5.80. The minimum atomic E-state index is -0.485. The fourth-order valence-electron chi connectivity index (χ4n) is 4.49. The van der Waals surface area contributed by atoms with Crippen LogP contribution in [0.25, 0.3) is 10.9 Å². The molecule has 3 aromatic rings. The van der Waals surface area contributed by atoms with Crippen LogP contribution in [0.5, 0.6) is 0 Å². The van der Waals surface area contributed by atoms with E-state index in [2.05, 4.69) is 39.5 Å². The normalized spacial score (nSPS) is 21.0. The Morgan fingerprint density at radius 2 is 1.69 bits per heavy atom. The Labute approximate surface area is 188 Å². The van der Waals surface area contributed by atoms with Gasteiger partial charge >= 0.3 is 6.09 Å². The second-order valence-electron chi connectivity index (χ2n) is 9.80. The van der Waals surface area contributed by atoms with Gasteiger partial charge in [0.25, 0.3) is 0 Å². The molecule has 1 saturated carbocycles. The van der Waals surface area contributed by atoms with Crippen molar-refractivity contribution in [2.45, 2.75) is 57.1 Å². The first-order valence-electron chi connectivity index (χ1n) is 11.3. The van der Waals surface area contributed by atoms with Crippen LogP contribution >= 0.6 is 0 Å². The van der Waals surface area contributed by atoms with E-state index in [1.807, 2.05) is 32.9 Å². The first kappa shape index (κ1) is 20.7. The Hall–Kier alpha value is -3.22. The molecule has 2 aromatic heterocycles. The molecule has 5 rings (SSSR count). The number of pyridine rings is 1. The lowest BCUT2D eigenvalue weighted by Gasteiger charge is -2.42. The number of rotatable bonds is 4. The number of aromatic nitrogens is 3. The Bertz CT molecular complexity index is 1130. The number of carbonyl (C=O) groups is 1. The fourth-order valence-corrected chi connectivity index (χ4v) is 4.49. The number of benzene rings is 1. The first-order chi connectivity index (χ1) is 15.4. The maximum absolute atomic E-state index is 12.0. The molecule has 0 bridgehead atoms. The number of nitrogens with zero attached hydrogens (tertiary/aromatic N) is 4. The van der Waals surface area contributed by atoms with Crippen molar-refractivity contribution in [2.24, 2.45) is 0 Å². The number of amides is 1. The maximum atomic E-state index is 12.0. The smallest absolute Gasteiger partial charge is 0.407 e. The molecule has 166 valence electrons. The summed E-state index contributed by atoms with van der Waals surface area (Å²) in [4.78, 5) is 28.5. The van der Waals surface area contributed by atoms with E-state index in [4.69, 9.17) is 14.7 Å². The van der Waals surface area contributed by atoms with Crippen molar-refractivity contribution < 1.29 is 9.53 Å². The van der Waals surface area contributed by atoms with Gasteiger partial charge in [-0.25, -0.2) is 9.78 Å². The van der Waals surface area contributed by atoms with Crippen LogP contribution in [0, 0.1) is 0 Å². The van der Waals surface area contributed by atoms with Gasteiger partial charge in [0.15, 0.2) is 0 Å². The van der Waals surface area contributed by atoms with Gasteiger partial charge in [-0.3, -0.25) is 9.97 Å². The Balaban J connectivity index is 1.20. The minimum absolute atomic E-state index is 0.129. The van der Waals surface area contributed by atoms with E-state index in [0.717, 1.165) is 54.0 Å². The first-order valence-corrected chi connectivity index (χ1v) is 11.3. The van der Waals surface area contributed by atoms with Gasteiger partial charge in [-0.1, -0.05) is 18.2 Å². The summed E-state index contributed by atoms with van der Waals surface area (Å²) in [5.74, 6) is 1.69. The Kier molecular flexibility index (Phi) is 5.19. The summed E-state index contributed by atoms with van der Waals surface area (Å²) in [6.07, 6.45) is 4.94. The highest BCUT2D eigenvalue weighted by Crippen LogP contribution is 2.41. The molecule has 2 aliphatic rings. The number of para-hydroxylation sites is 1. The van der Waals surface area contributed by atoms with Crippen molar-refractivity contribution in [2.75, 3.05) is 18.0 Å². The van der Waals surface area contributed by atoms with E-state index >= 15 is 0 Å². The van der Waals surface area contributed by atoms with E-state index < -0.39 is 5.60 Å². The van der Waals surface area contributed by atoms with Gasteiger partial charge in [0.1, 0.15) is 11.4 Å². The zero-order chi connectivity index (χ0) is 22.3. The zero-order valence-corrected chi connectivity index (χ0v) is 18.8. The van der Waals surface area contributed by atoms with E-state index in [1.54, 1.807) is 12.4 Å². The standard InChI is InChI=1S/C25H29N5O2/c1-25(2,3)32-24(31)28-19-12-17(13-19)22-23(27-11-10-26-22)18-14-30(15-18)21-9-8-16-6-4-5-7-20(16)29-21/h4-11,17-19H,12-15H2,1-3H3,(H,28,31). The summed E-state index contributed by atoms with van der Waals surface area (Å²) in [6.45, 7) is 7.40. The van der Waals surface area contributed by atoms with Gasteiger partial charge in [-0.15, -0.1) is 0 Å². The highest BCUT2D eigenvalue weighted by Gasteiger charge is 2.39. The van der Waals surface area contributed by atoms with Gasteiger partial charge in [0, 0.05) is 48.7 Å². The number of ether oxygens (including phenoxy) is 1. The number of anilines is 1. The zero-order valence-electron chi connectivity index (χ0n) is 18.8. The van der Waals surface area contributed by atoms with Crippen LogP contribution in [-0.2, 0) is 4.74 Å². The molecule has 0 spiro atoms. The quantitative estimate of drug-likeness (QED) is 0.660. The Morgan fingerprint density at radius 1 is 1.00 bits per heavy atom. The van der Waals surface area contributed by atoms with Gasteiger partial charge in [-0.05, 0) is 51.8 Å². The molecule has 3 heterocycles. The average molecular weight is 432 g/mol. The maximum Gasteiger partial charge on any atom is 0.407 e. The number of fused-ring (bicyclic) bond motifs is 1. The molecule has 2 fully saturated rings. The van der Waals surface area contributed by atoms with Gasteiger partial charge in [0.2, 0.25) is 0 Å². The van der Waals surface area contributed by atoms with E-state index in [9.17, 15) is 4.79 Å². The summed E-state index contributed by atoms with van der Waals surface area (Å²) in [7, 11) is 0. The number of hydrogen-bond acceptors (Lipinski definition) is 6. The summed E-state index contributed by atoms with van der Waals surface area (Å²) < 4.78 is 5.36. The minimum Gasteiger partial charge on any atom is -0.444 e. The van der Waals surface area contributed by atoms with Crippen LogP contribution in [-0.4, -0.2) is 45.8 Å². The molecule has 7 heteroatoms. The SMILES string of the molecule is CC(C)(C)OC(=O)NC1CC(c2nccnc2C2CN(c3ccc4ccccc4n3)C2)C1. The lowest BCUT2D eigenvalue weighted by molar-refractivity contribution is 0.0470. The lowest BCUT2D eigenvalue weighted by atomic mass is 9.75. The van der Waals surface area contributed by atoms with E-state index in [-0.39, 0.29) is 12.1 Å². The number of hydrogen-bond donors (Lipinski definition) is 1. The van der Waals surface area contributed by atoms with Crippen molar-refractivity contribution in [3.63, 3.8) is 0 Å². The summed E-state index contributed by atoms with van der Waals surface area (Å²) in [5, 5.41) is 4.12. The molecule has 0 atom stereocenters. The largest absolute Gasteiger partial charge is 0.444 e. The topological polar surface area (TPSA) is 80.2 Å². The predicted octanol–water partition coefficient (Wildman–Crippen LogP) is 4.40. The highest BCUT2D eigenvalue weighted by atomic mass is 16.6. The van der Waals surface area contributed by atoms with E-state index in [0.29, 0.717) is 11.8 Å². The fraction of sp³-hybridized carbons (Fsp3) is 0.440. The summed E-state index contributed by atoms with van der Waals surface area (Å²) in [6, 6.07) is 12.5. The molecule has 1 aliphatic carbocycles. The van der Waals surface area contributed by atoms with Crippen molar-refractivity contribution in [1.29, 1.82) is 0 Å². The molecule has 1 amide bonds. The van der Waals surface area contributed by atoms with Crippen LogP contribution in [0.2, 0.25) is 0 Å². The van der Waals surface area contributed by atoms with Crippen LogP contribution < -0.4 is 10.2 Å². The molecule has 1 saturated heterocycles. The Morgan fingerprint density at radius 3 is 2.41 bits per heavy atom. The average Bonchev–Trinajstić information content (AvgIpc) is 2.68. The van der Waals surface area contributed by atoms with Crippen molar-refractivity contribution in [3.8, 4) is 0 Å². The number of carbonyl (C=O) groups excluding carboxylic acids is 1. The molecule has 1 N–H and O–H groups in total. The van der Waals surface area contributed by atoms with Crippen LogP contribution in [0.4, 0.5) is 10.6 Å². The summed E-state index contributed by atoms with van der Waals surface area (Å²) in [5.41, 5.74) is 2.70. The monoisotopic (exact) mass is 431 g/mol. The molecule has 0 unspecified atom stereocenters. The third-order valence-corrected chi connectivity index (χ3v) is 6.18. The van der Waals surface area contributed by atoms with Crippen molar-refractivity contribution in [3.05, 3.63) is 60.2 Å². The van der Waals surface area contributed by atoms with Gasteiger partial charge in [-0.2, -0.15) is 0 Å². The van der Waals surface area contributed by atoms with E-state index in [1.165, 1.54) is 0 Å². The molecule has 0 radical (unpaired) electrons. The molecule has 32 heavy (non-hydrogen) atoms. The number of alkyl carbamates (subject to hydrolysis) is 1. The summed E-state index contributed by atoms with van der Waals surface area (Å²) >= 11 is 0. The van der Waals surface area contributed by atoms with Crippen LogP contribution in [0.1, 0.15) is 56.8 Å². The molecular formula is C25H29N5O2. The van der Waals surface area contributed by atoms with Gasteiger partial charge in [0.05, 0.1) is 16.9 Å².